The average molecular weight is 296 g/mol. The lowest BCUT2D eigenvalue weighted by Gasteiger charge is -2.34. The van der Waals surface area contributed by atoms with Crippen LogP contribution in [0.15, 0.2) is 0 Å². The van der Waals surface area contributed by atoms with E-state index in [9.17, 15) is 4.79 Å². The largest absolute Gasteiger partial charge is 0.444 e. The molecule has 1 saturated carbocycles. The smallest absolute Gasteiger partial charge is 0.407 e. The van der Waals surface area contributed by atoms with Crippen molar-refractivity contribution in [2.24, 2.45) is 5.92 Å². The van der Waals surface area contributed by atoms with E-state index in [0.29, 0.717) is 5.92 Å². The van der Waals surface area contributed by atoms with Crippen LogP contribution in [0.4, 0.5) is 4.79 Å². The Morgan fingerprint density at radius 1 is 1.14 bits per heavy atom. The van der Waals surface area contributed by atoms with Crippen molar-refractivity contribution in [1.29, 1.82) is 0 Å². The number of ether oxygens (including phenoxy) is 1. The van der Waals surface area contributed by atoms with Crippen LogP contribution < -0.4 is 5.32 Å². The molecule has 1 heterocycles. The van der Waals surface area contributed by atoms with Gasteiger partial charge >= 0.3 is 6.09 Å². The van der Waals surface area contributed by atoms with Crippen molar-refractivity contribution in [3.05, 3.63) is 0 Å². The summed E-state index contributed by atoms with van der Waals surface area (Å²) in [6, 6.07) is 0.248. The molecule has 1 atom stereocenters. The van der Waals surface area contributed by atoms with Gasteiger partial charge in [-0.25, -0.2) is 4.79 Å². The van der Waals surface area contributed by atoms with E-state index in [1.165, 1.54) is 58.0 Å². The Kier molecular flexibility index (Phi) is 5.91. The second-order valence-electron chi connectivity index (χ2n) is 7.66. The van der Waals surface area contributed by atoms with Gasteiger partial charge in [0.1, 0.15) is 5.60 Å². The van der Waals surface area contributed by atoms with Gasteiger partial charge in [-0.15, -0.1) is 0 Å². The second-order valence-corrected chi connectivity index (χ2v) is 7.66. The maximum Gasteiger partial charge on any atom is 0.407 e. The summed E-state index contributed by atoms with van der Waals surface area (Å²) in [6.45, 7) is 9.11. The SMILES string of the molecule is CC(C)(C)OC(=O)N[C@H](CN1CCCC1)C1CCCCC1. The van der Waals surface area contributed by atoms with Gasteiger partial charge in [0.05, 0.1) is 0 Å². The zero-order valence-electron chi connectivity index (χ0n) is 14.0. The van der Waals surface area contributed by atoms with E-state index in [1.54, 1.807) is 0 Å². The Labute approximate surface area is 129 Å². The van der Waals surface area contributed by atoms with Crippen LogP contribution in [0, 0.1) is 5.92 Å². The molecule has 0 aromatic carbocycles. The molecule has 4 nitrogen and oxygen atoms in total. The van der Waals surface area contributed by atoms with E-state index >= 15 is 0 Å². The van der Waals surface area contributed by atoms with Crippen molar-refractivity contribution in [3.8, 4) is 0 Å². The van der Waals surface area contributed by atoms with Crippen molar-refractivity contribution in [1.82, 2.24) is 10.2 Å². The number of carbonyl (C=O) groups is 1. The molecule has 2 fully saturated rings. The molecule has 2 aliphatic rings. The monoisotopic (exact) mass is 296 g/mol. The van der Waals surface area contributed by atoms with Gasteiger partial charge in [-0.3, -0.25) is 0 Å². The number of alkyl carbamates (subject to hydrolysis) is 1. The van der Waals surface area contributed by atoms with Gasteiger partial charge in [-0.05, 0) is 65.5 Å². The Balaban J connectivity index is 1.91. The molecular formula is C17H32N2O2. The van der Waals surface area contributed by atoms with Crippen molar-refractivity contribution in [2.45, 2.75) is 77.4 Å². The van der Waals surface area contributed by atoms with E-state index < -0.39 is 5.60 Å². The van der Waals surface area contributed by atoms with Gasteiger partial charge in [0, 0.05) is 12.6 Å². The lowest BCUT2D eigenvalue weighted by molar-refractivity contribution is 0.0460. The summed E-state index contributed by atoms with van der Waals surface area (Å²) in [4.78, 5) is 14.6. The predicted molar refractivity (Wildman–Crippen MR) is 85.4 cm³/mol. The Morgan fingerprint density at radius 2 is 1.76 bits per heavy atom. The van der Waals surface area contributed by atoms with Crippen LogP contribution in [0.25, 0.3) is 0 Å². The lowest BCUT2D eigenvalue weighted by atomic mass is 9.83. The third-order valence-corrected chi connectivity index (χ3v) is 4.57. The Hall–Kier alpha value is -0.770. The number of amides is 1. The molecule has 0 unspecified atom stereocenters. The van der Waals surface area contributed by atoms with Crippen LogP contribution in [0.3, 0.4) is 0 Å². The van der Waals surface area contributed by atoms with Crippen LogP contribution >= 0.6 is 0 Å². The number of hydrogen-bond acceptors (Lipinski definition) is 3. The van der Waals surface area contributed by atoms with Crippen LogP contribution in [0.1, 0.15) is 65.7 Å². The molecule has 1 aliphatic carbocycles. The van der Waals surface area contributed by atoms with E-state index in [2.05, 4.69) is 10.2 Å². The fourth-order valence-corrected chi connectivity index (χ4v) is 3.55. The summed E-state index contributed by atoms with van der Waals surface area (Å²) in [5, 5.41) is 3.17. The molecule has 0 aromatic heterocycles. The molecule has 21 heavy (non-hydrogen) atoms. The quantitative estimate of drug-likeness (QED) is 0.862. The van der Waals surface area contributed by atoms with Crippen LogP contribution in [-0.4, -0.2) is 42.3 Å². The summed E-state index contributed by atoms with van der Waals surface area (Å²) < 4.78 is 5.45. The fraction of sp³-hybridized carbons (Fsp3) is 0.941. The summed E-state index contributed by atoms with van der Waals surface area (Å²) in [6.07, 6.45) is 8.78. The van der Waals surface area contributed by atoms with Gasteiger partial charge in [0.15, 0.2) is 0 Å². The second kappa shape index (κ2) is 7.48. The number of likely N-dealkylation sites (tertiary alicyclic amines) is 1. The minimum atomic E-state index is -0.422. The Bertz CT molecular complexity index is 326. The first-order valence-electron chi connectivity index (χ1n) is 8.66. The zero-order valence-corrected chi connectivity index (χ0v) is 14.0. The summed E-state index contributed by atoms with van der Waals surface area (Å²) >= 11 is 0. The highest BCUT2D eigenvalue weighted by molar-refractivity contribution is 5.68. The van der Waals surface area contributed by atoms with Gasteiger partial charge in [-0.1, -0.05) is 19.3 Å². The summed E-state index contributed by atoms with van der Waals surface area (Å²) in [5.41, 5.74) is -0.422. The summed E-state index contributed by atoms with van der Waals surface area (Å²) in [7, 11) is 0. The lowest BCUT2D eigenvalue weighted by Crippen LogP contribution is -2.49. The molecule has 122 valence electrons. The third-order valence-electron chi connectivity index (χ3n) is 4.57. The van der Waals surface area contributed by atoms with E-state index in [-0.39, 0.29) is 12.1 Å². The topological polar surface area (TPSA) is 41.6 Å². The highest BCUT2D eigenvalue weighted by Crippen LogP contribution is 2.27. The molecule has 0 radical (unpaired) electrons. The van der Waals surface area contributed by atoms with E-state index in [1.807, 2.05) is 20.8 Å². The molecule has 2 rings (SSSR count). The van der Waals surface area contributed by atoms with Gasteiger partial charge in [-0.2, -0.15) is 0 Å². The van der Waals surface area contributed by atoms with Crippen molar-refractivity contribution < 1.29 is 9.53 Å². The highest BCUT2D eigenvalue weighted by Gasteiger charge is 2.29. The molecule has 0 bridgehead atoms. The molecule has 1 aliphatic heterocycles. The van der Waals surface area contributed by atoms with Crippen molar-refractivity contribution in [2.75, 3.05) is 19.6 Å². The van der Waals surface area contributed by atoms with Gasteiger partial charge in [0.2, 0.25) is 0 Å². The standard InChI is InChI=1S/C17H32N2O2/c1-17(2,3)21-16(20)18-15(13-19-11-7-8-12-19)14-9-5-4-6-10-14/h14-15H,4-13H2,1-3H3,(H,18,20)/t15-/m1/s1. The van der Waals surface area contributed by atoms with E-state index in [4.69, 9.17) is 4.74 Å². The normalized spacial score (nSPS) is 23.0. The fourth-order valence-electron chi connectivity index (χ4n) is 3.55. The number of rotatable bonds is 4. The number of nitrogens with one attached hydrogen (secondary N) is 1. The first-order valence-corrected chi connectivity index (χ1v) is 8.66. The van der Waals surface area contributed by atoms with Crippen molar-refractivity contribution >= 4 is 6.09 Å². The average Bonchev–Trinajstić information content (AvgIpc) is 2.90. The van der Waals surface area contributed by atoms with Gasteiger partial charge in [0.25, 0.3) is 0 Å². The Morgan fingerprint density at radius 3 is 2.33 bits per heavy atom. The minimum Gasteiger partial charge on any atom is -0.444 e. The molecule has 1 saturated heterocycles. The minimum absolute atomic E-state index is 0.248. The van der Waals surface area contributed by atoms with Gasteiger partial charge < -0.3 is 15.0 Å². The molecule has 1 N–H and O–H groups in total. The predicted octanol–water partition coefficient (Wildman–Crippen LogP) is 3.56. The molecule has 0 aromatic rings. The maximum absolute atomic E-state index is 12.1. The number of carbonyl (C=O) groups excluding carboxylic acids is 1. The summed E-state index contributed by atoms with van der Waals surface area (Å²) in [5.74, 6) is 0.617. The van der Waals surface area contributed by atoms with E-state index in [0.717, 1.165) is 6.54 Å². The number of hydrogen-bond donors (Lipinski definition) is 1. The van der Waals surface area contributed by atoms with Crippen LogP contribution in [0.5, 0.6) is 0 Å². The maximum atomic E-state index is 12.1. The zero-order chi connectivity index (χ0) is 15.3. The molecule has 1 amide bonds. The van der Waals surface area contributed by atoms with Crippen molar-refractivity contribution in [3.63, 3.8) is 0 Å². The third kappa shape index (κ3) is 5.85. The highest BCUT2D eigenvalue weighted by atomic mass is 16.6. The first-order chi connectivity index (χ1) is 9.94. The van der Waals surface area contributed by atoms with Crippen LogP contribution in [-0.2, 0) is 4.74 Å². The molecule has 4 heteroatoms. The first kappa shape index (κ1) is 16.6. The molecule has 0 spiro atoms. The molecular weight excluding hydrogens is 264 g/mol. The van der Waals surface area contributed by atoms with Crippen LogP contribution in [0.2, 0.25) is 0 Å². The number of nitrogens with zero attached hydrogens (tertiary/aromatic N) is 1.